The molecule has 0 radical (unpaired) electrons. The molecule has 0 aromatic heterocycles. The number of esters is 1. The number of hydrogen-bond acceptors (Lipinski definition) is 4. The molecular weight excluding hydrogens is 362 g/mol. The number of amides is 1. The molecule has 0 heterocycles. The highest BCUT2D eigenvalue weighted by Gasteiger charge is 2.11. The molecule has 2 aromatic rings. The van der Waals surface area contributed by atoms with Crippen LogP contribution in [0.15, 0.2) is 53.0 Å². The molecule has 0 aliphatic rings. The molecule has 0 bridgehead atoms. The topological polar surface area (TPSA) is 64.6 Å². The fraction of sp³-hybridized carbons (Fsp3) is 0.176. The van der Waals surface area contributed by atoms with Crippen LogP contribution in [-0.4, -0.2) is 32.2 Å². The Morgan fingerprint density at radius 2 is 1.74 bits per heavy atom. The first-order chi connectivity index (χ1) is 11.1. The number of carbonyl (C=O) groups is 2. The maximum absolute atomic E-state index is 12.2. The van der Waals surface area contributed by atoms with Crippen molar-refractivity contribution in [1.29, 1.82) is 0 Å². The maximum atomic E-state index is 12.2. The standard InChI is InChI=1S/C17H16BrNO4/c1-22-10-11-23-17(21)12-6-8-13(9-7-12)19-16(20)14-4-2-3-5-15(14)18/h2-9H,10-11H2,1H3,(H,19,20). The summed E-state index contributed by atoms with van der Waals surface area (Å²) in [6, 6.07) is 13.7. The Balaban J connectivity index is 1.99. The van der Waals surface area contributed by atoms with Crippen LogP contribution in [0.4, 0.5) is 5.69 Å². The van der Waals surface area contributed by atoms with Crippen LogP contribution in [0.1, 0.15) is 20.7 Å². The number of halogens is 1. The highest BCUT2D eigenvalue weighted by Crippen LogP contribution is 2.18. The van der Waals surface area contributed by atoms with E-state index in [1.54, 1.807) is 42.5 Å². The molecule has 120 valence electrons. The van der Waals surface area contributed by atoms with Crippen molar-refractivity contribution >= 4 is 33.5 Å². The van der Waals surface area contributed by atoms with Gasteiger partial charge in [-0.2, -0.15) is 0 Å². The van der Waals surface area contributed by atoms with Gasteiger partial charge in [-0.05, 0) is 52.3 Å². The van der Waals surface area contributed by atoms with Gasteiger partial charge >= 0.3 is 5.97 Å². The second-order valence-corrected chi connectivity index (χ2v) is 5.49. The summed E-state index contributed by atoms with van der Waals surface area (Å²) in [5, 5.41) is 2.78. The fourth-order valence-corrected chi connectivity index (χ4v) is 2.30. The number of methoxy groups -OCH3 is 1. The maximum Gasteiger partial charge on any atom is 0.338 e. The SMILES string of the molecule is COCCOC(=O)c1ccc(NC(=O)c2ccccc2Br)cc1. The minimum absolute atomic E-state index is 0.204. The van der Waals surface area contributed by atoms with E-state index < -0.39 is 5.97 Å². The Labute approximate surface area is 142 Å². The molecule has 5 nitrogen and oxygen atoms in total. The normalized spacial score (nSPS) is 10.2. The average molecular weight is 378 g/mol. The summed E-state index contributed by atoms with van der Waals surface area (Å²) in [5.41, 5.74) is 1.55. The minimum Gasteiger partial charge on any atom is -0.460 e. The van der Waals surface area contributed by atoms with E-state index in [0.29, 0.717) is 23.4 Å². The summed E-state index contributed by atoms with van der Waals surface area (Å²) in [6.07, 6.45) is 0. The number of hydrogen-bond donors (Lipinski definition) is 1. The molecule has 0 unspecified atom stereocenters. The Morgan fingerprint density at radius 1 is 1.04 bits per heavy atom. The Hall–Kier alpha value is -2.18. The highest BCUT2D eigenvalue weighted by molar-refractivity contribution is 9.10. The lowest BCUT2D eigenvalue weighted by Gasteiger charge is -2.08. The summed E-state index contributed by atoms with van der Waals surface area (Å²) in [4.78, 5) is 23.9. The van der Waals surface area contributed by atoms with Crippen LogP contribution >= 0.6 is 15.9 Å². The second kappa shape index (κ2) is 8.45. The molecule has 1 N–H and O–H groups in total. The van der Waals surface area contributed by atoms with Crippen LogP contribution in [0.3, 0.4) is 0 Å². The number of anilines is 1. The molecule has 0 fully saturated rings. The zero-order valence-corrected chi connectivity index (χ0v) is 14.1. The quantitative estimate of drug-likeness (QED) is 0.617. The summed E-state index contributed by atoms with van der Waals surface area (Å²) in [6.45, 7) is 0.557. The number of ether oxygens (including phenoxy) is 2. The van der Waals surface area contributed by atoms with Gasteiger partial charge in [0.25, 0.3) is 5.91 Å². The van der Waals surface area contributed by atoms with Crippen molar-refractivity contribution < 1.29 is 19.1 Å². The monoisotopic (exact) mass is 377 g/mol. The van der Waals surface area contributed by atoms with Gasteiger partial charge in [-0.1, -0.05) is 12.1 Å². The highest BCUT2D eigenvalue weighted by atomic mass is 79.9. The summed E-state index contributed by atoms with van der Waals surface area (Å²) < 4.78 is 10.5. The van der Waals surface area contributed by atoms with Crippen molar-refractivity contribution in [3.05, 3.63) is 64.1 Å². The molecule has 0 saturated carbocycles. The number of nitrogens with one attached hydrogen (secondary N) is 1. The molecule has 1 amide bonds. The Kier molecular flexibility index (Phi) is 6.31. The zero-order chi connectivity index (χ0) is 16.7. The molecule has 0 aliphatic carbocycles. The first kappa shape index (κ1) is 17.2. The van der Waals surface area contributed by atoms with Crippen LogP contribution < -0.4 is 5.32 Å². The van der Waals surface area contributed by atoms with Crippen molar-refractivity contribution in [3.63, 3.8) is 0 Å². The van der Waals surface area contributed by atoms with Crippen molar-refractivity contribution in [1.82, 2.24) is 0 Å². The summed E-state index contributed by atoms with van der Waals surface area (Å²) >= 11 is 3.34. The van der Waals surface area contributed by atoms with Crippen molar-refractivity contribution in [3.8, 4) is 0 Å². The van der Waals surface area contributed by atoms with E-state index in [0.717, 1.165) is 4.47 Å². The van der Waals surface area contributed by atoms with E-state index in [1.165, 1.54) is 7.11 Å². The molecule has 6 heteroatoms. The smallest absolute Gasteiger partial charge is 0.338 e. The number of rotatable bonds is 6. The van der Waals surface area contributed by atoms with Gasteiger partial charge in [0.1, 0.15) is 6.61 Å². The molecule has 23 heavy (non-hydrogen) atoms. The predicted octanol–water partition coefficient (Wildman–Crippen LogP) is 3.50. The van der Waals surface area contributed by atoms with Gasteiger partial charge in [-0.3, -0.25) is 4.79 Å². The van der Waals surface area contributed by atoms with E-state index in [9.17, 15) is 9.59 Å². The van der Waals surface area contributed by atoms with E-state index in [4.69, 9.17) is 9.47 Å². The molecule has 0 atom stereocenters. The third-order valence-corrected chi connectivity index (χ3v) is 3.71. The van der Waals surface area contributed by atoms with Gasteiger partial charge in [0.2, 0.25) is 0 Å². The van der Waals surface area contributed by atoms with Gasteiger partial charge < -0.3 is 14.8 Å². The number of carbonyl (C=O) groups excluding carboxylic acids is 2. The summed E-state index contributed by atoms with van der Waals surface area (Å²) in [7, 11) is 1.54. The molecule has 2 aromatic carbocycles. The third kappa shape index (κ3) is 4.91. The van der Waals surface area contributed by atoms with E-state index in [2.05, 4.69) is 21.2 Å². The Morgan fingerprint density at radius 3 is 2.39 bits per heavy atom. The van der Waals surface area contributed by atoms with Crippen molar-refractivity contribution in [2.45, 2.75) is 0 Å². The number of benzene rings is 2. The Bertz CT molecular complexity index is 685. The fourth-order valence-electron chi connectivity index (χ4n) is 1.83. The molecule has 0 saturated heterocycles. The second-order valence-electron chi connectivity index (χ2n) is 4.64. The average Bonchev–Trinajstić information content (AvgIpc) is 2.56. The van der Waals surface area contributed by atoms with Gasteiger partial charge in [-0.15, -0.1) is 0 Å². The third-order valence-electron chi connectivity index (χ3n) is 3.02. The molecular formula is C17H16BrNO4. The minimum atomic E-state index is -0.425. The van der Waals surface area contributed by atoms with Crippen LogP contribution in [0.5, 0.6) is 0 Å². The van der Waals surface area contributed by atoms with E-state index >= 15 is 0 Å². The lowest BCUT2D eigenvalue weighted by molar-refractivity contribution is 0.0388. The van der Waals surface area contributed by atoms with E-state index in [-0.39, 0.29) is 12.5 Å². The van der Waals surface area contributed by atoms with E-state index in [1.807, 2.05) is 6.07 Å². The predicted molar refractivity (Wildman–Crippen MR) is 90.7 cm³/mol. The van der Waals surface area contributed by atoms with Gasteiger partial charge in [0, 0.05) is 17.3 Å². The first-order valence-electron chi connectivity index (χ1n) is 6.94. The zero-order valence-electron chi connectivity index (χ0n) is 12.5. The summed E-state index contributed by atoms with van der Waals surface area (Å²) in [5.74, 6) is -0.654. The molecule has 0 spiro atoms. The van der Waals surface area contributed by atoms with Crippen molar-refractivity contribution in [2.24, 2.45) is 0 Å². The molecule has 0 aliphatic heterocycles. The van der Waals surface area contributed by atoms with Crippen LogP contribution in [-0.2, 0) is 9.47 Å². The lowest BCUT2D eigenvalue weighted by Crippen LogP contribution is -2.13. The van der Waals surface area contributed by atoms with Crippen LogP contribution in [0.25, 0.3) is 0 Å². The largest absolute Gasteiger partial charge is 0.460 e. The first-order valence-corrected chi connectivity index (χ1v) is 7.73. The van der Waals surface area contributed by atoms with Crippen LogP contribution in [0.2, 0.25) is 0 Å². The van der Waals surface area contributed by atoms with Gasteiger partial charge in [0.05, 0.1) is 17.7 Å². The lowest BCUT2D eigenvalue weighted by atomic mass is 10.2. The van der Waals surface area contributed by atoms with Crippen LogP contribution in [0, 0.1) is 0 Å². The van der Waals surface area contributed by atoms with Gasteiger partial charge in [-0.25, -0.2) is 4.79 Å². The van der Waals surface area contributed by atoms with Gasteiger partial charge in [0.15, 0.2) is 0 Å². The van der Waals surface area contributed by atoms with Crippen molar-refractivity contribution in [2.75, 3.05) is 25.6 Å². The molecule has 2 rings (SSSR count).